The van der Waals surface area contributed by atoms with Gasteiger partial charge in [-0.1, -0.05) is 0 Å². The predicted octanol–water partition coefficient (Wildman–Crippen LogP) is 1.75. The maximum atomic E-state index is 11.6. The van der Waals surface area contributed by atoms with Gasteiger partial charge in [0.1, 0.15) is 0 Å². The maximum absolute atomic E-state index is 11.6. The van der Waals surface area contributed by atoms with Crippen molar-refractivity contribution in [1.29, 1.82) is 0 Å². The van der Waals surface area contributed by atoms with E-state index in [1.165, 1.54) is 6.92 Å². The van der Waals surface area contributed by atoms with Gasteiger partial charge in [0.15, 0.2) is 5.78 Å². The average Bonchev–Trinajstić information content (AvgIpc) is 2.20. The fraction of sp³-hybridized carbons (Fsp3) is 0.333. The van der Waals surface area contributed by atoms with Gasteiger partial charge >= 0.3 is 0 Å². The first kappa shape index (κ1) is 10.7. The molecule has 2 rings (SSSR count). The highest BCUT2D eigenvalue weighted by Crippen LogP contribution is 2.29. The number of amides is 1. The number of nitrogens with one attached hydrogen (secondary N) is 1. The number of nitrogen functional groups attached to an aromatic ring is 1. The lowest BCUT2D eigenvalue weighted by Gasteiger charge is -2.17. The van der Waals surface area contributed by atoms with Crippen LogP contribution in [0.3, 0.4) is 0 Å². The molecule has 4 heteroatoms. The standard InChI is InChI=1S/C12H14N2O2/c1-7(15)14-11-5-8-3-2-4-12(16)9(8)6-10(11)13/h5-6H,2-4,13H2,1H3,(H,14,15). The number of rotatable bonds is 1. The van der Waals surface area contributed by atoms with E-state index in [9.17, 15) is 9.59 Å². The zero-order valence-corrected chi connectivity index (χ0v) is 9.17. The van der Waals surface area contributed by atoms with Crippen LogP contribution in [0.1, 0.15) is 35.7 Å². The van der Waals surface area contributed by atoms with Crippen molar-refractivity contribution in [3.8, 4) is 0 Å². The Balaban J connectivity index is 2.44. The van der Waals surface area contributed by atoms with Gasteiger partial charge in [0, 0.05) is 18.9 Å². The molecule has 1 aromatic rings. The van der Waals surface area contributed by atoms with Crippen molar-refractivity contribution in [1.82, 2.24) is 0 Å². The third kappa shape index (κ3) is 1.91. The van der Waals surface area contributed by atoms with E-state index >= 15 is 0 Å². The zero-order valence-electron chi connectivity index (χ0n) is 9.17. The van der Waals surface area contributed by atoms with Crippen LogP contribution in [-0.2, 0) is 11.2 Å². The summed E-state index contributed by atoms with van der Waals surface area (Å²) in [5.41, 5.74) is 8.52. The van der Waals surface area contributed by atoms with Crippen LogP contribution in [0.15, 0.2) is 12.1 Å². The second-order valence-electron chi connectivity index (χ2n) is 4.05. The number of Topliss-reactive ketones (excluding diaryl/α,β-unsaturated/α-hetero) is 1. The second kappa shape index (κ2) is 3.96. The summed E-state index contributed by atoms with van der Waals surface area (Å²) in [6.07, 6.45) is 2.33. The highest BCUT2D eigenvalue weighted by atomic mass is 16.1. The molecule has 0 aromatic heterocycles. The van der Waals surface area contributed by atoms with E-state index in [1.807, 2.05) is 6.07 Å². The normalized spacial score (nSPS) is 14.4. The molecule has 0 spiro atoms. The molecule has 1 amide bonds. The van der Waals surface area contributed by atoms with Gasteiger partial charge in [-0.25, -0.2) is 0 Å². The van der Waals surface area contributed by atoms with Crippen LogP contribution in [0.2, 0.25) is 0 Å². The molecule has 16 heavy (non-hydrogen) atoms. The van der Waals surface area contributed by atoms with Crippen LogP contribution in [0.25, 0.3) is 0 Å². The number of aryl methyl sites for hydroxylation is 1. The lowest BCUT2D eigenvalue weighted by atomic mass is 9.90. The van der Waals surface area contributed by atoms with Crippen molar-refractivity contribution in [2.45, 2.75) is 26.2 Å². The Morgan fingerprint density at radius 2 is 2.12 bits per heavy atom. The van der Waals surface area contributed by atoms with Gasteiger partial charge in [-0.3, -0.25) is 9.59 Å². The fourth-order valence-corrected chi connectivity index (χ4v) is 2.00. The molecule has 0 aliphatic heterocycles. The number of anilines is 2. The molecule has 0 bridgehead atoms. The molecular formula is C12H14N2O2. The molecule has 1 aliphatic carbocycles. The third-order valence-electron chi connectivity index (χ3n) is 2.74. The molecule has 1 aromatic carbocycles. The van der Waals surface area contributed by atoms with E-state index in [2.05, 4.69) is 5.32 Å². The van der Waals surface area contributed by atoms with Crippen LogP contribution in [0.5, 0.6) is 0 Å². The van der Waals surface area contributed by atoms with E-state index in [-0.39, 0.29) is 11.7 Å². The van der Waals surface area contributed by atoms with Crippen molar-refractivity contribution < 1.29 is 9.59 Å². The second-order valence-corrected chi connectivity index (χ2v) is 4.05. The minimum absolute atomic E-state index is 0.141. The summed E-state index contributed by atoms with van der Waals surface area (Å²) in [5, 5.41) is 2.66. The highest BCUT2D eigenvalue weighted by Gasteiger charge is 2.18. The molecular weight excluding hydrogens is 204 g/mol. The van der Waals surface area contributed by atoms with Crippen LogP contribution in [0, 0.1) is 0 Å². The SMILES string of the molecule is CC(=O)Nc1cc2c(cc1N)C(=O)CCC2. The van der Waals surface area contributed by atoms with Gasteiger partial charge < -0.3 is 11.1 Å². The van der Waals surface area contributed by atoms with Crippen molar-refractivity contribution in [3.63, 3.8) is 0 Å². The van der Waals surface area contributed by atoms with E-state index in [0.717, 1.165) is 18.4 Å². The quantitative estimate of drug-likeness (QED) is 0.705. The van der Waals surface area contributed by atoms with Crippen molar-refractivity contribution >= 4 is 23.1 Å². The predicted molar refractivity (Wildman–Crippen MR) is 62.4 cm³/mol. The Labute approximate surface area is 93.8 Å². The number of nitrogens with two attached hydrogens (primary N) is 1. The summed E-state index contributed by atoms with van der Waals surface area (Å²) in [6, 6.07) is 3.48. The lowest BCUT2D eigenvalue weighted by molar-refractivity contribution is -0.114. The summed E-state index contributed by atoms with van der Waals surface area (Å²) >= 11 is 0. The number of carbonyl (C=O) groups excluding carboxylic acids is 2. The summed E-state index contributed by atoms with van der Waals surface area (Å²) in [4.78, 5) is 22.6. The molecule has 4 nitrogen and oxygen atoms in total. The van der Waals surface area contributed by atoms with E-state index in [1.54, 1.807) is 6.07 Å². The zero-order chi connectivity index (χ0) is 11.7. The van der Waals surface area contributed by atoms with Crippen molar-refractivity contribution in [3.05, 3.63) is 23.3 Å². The summed E-state index contributed by atoms with van der Waals surface area (Å²) in [6.45, 7) is 1.43. The summed E-state index contributed by atoms with van der Waals surface area (Å²) in [7, 11) is 0. The fourth-order valence-electron chi connectivity index (χ4n) is 2.00. The number of fused-ring (bicyclic) bond motifs is 1. The van der Waals surface area contributed by atoms with Gasteiger partial charge in [-0.15, -0.1) is 0 Å². The number of carbonyl (C=O) groups is 2. The first-order valence-electron chi connectivity index (χ1n) is 5.31. The van der Waals surface area contributed by atoms with E-state index in [0.29, 0.717) is 23.4 Å². The van der Waals surface area contributed by atoms with Crippen LogP contribution < -0.4 is 11.1 Å². The third-order valence-corrected chi connectivity index (χ3v) is 2.74. The number of hydrogen-bond donors (Lipinski definition) is 2. The molecule has 0 saturated heterocycles. The van der Waals surface area contributed by atoms with Crippen LogP contribution in [-0.4, -0.2) is 11.7 Å². The average molecular weight is 218 g/mol. The van der Waals surface area contributed by atoms with Crippen molar-refractivity contribution in [2.24, 2.45) is 0 Å². The molecule has 84 valence electrons. The molecule has 1 aliphatic rings. The first-order chi connectivity index (χ1) is 7.58. The minimum atomic E-state index is -0.159. The summed E-state index contributed by atoms with van der Waals surface area (Å²) < 4.78 is 0. The molecule has 0 saturated carbocycles. The van der Waals surface area contributed by atoms with Gasteiger partial charge in [-0.05, 0) is 30.5 Å². The van der Waals surface area contributed by atoms with E-state index < -0.39 is 0 Å². The van der Waals surface area contributed by atoms with Crippen LogP contribution in [0.4, 0.5) is 11.4 Å². The monoisotopic (exact) mass is 218 g/mol. The smallest absolute Gasteiger partial charge is 0.221 e. The van der Waals surface area contributed by atoms with Gasteiger partial charge in [0.25, 0.3) is 0 Å². The van der Waals surface area contributed by atoms with Gasteiger partial charge in [0.2, 0.25) is 5.91 Å². The molecule has 0 fully saturated rings. The highest BCUT2D eigenvalue weighted by molar-refractivity contribution is 6.01. The Kier molecular flexibility index (Phi) is 2.64. The first-order valence-corrected chi connectivity index (χ1v) is 5.31. The van der Waals surface area contributed by atoms with Gasteiger partial charge in [0.05, 0.1) is 11.4 Å². The molecule has 0 radical (unpaired) electrons. The molecule has 3 N–H and O–H groups in total. The minimum Gasteiger partial charge on any atom is -0.397 e. The summed E-state index contributed by atoms with van der Waals surface area (Å²) in [5.74, 6) is -0.0175. The molecule has 0 heterocycles. The number of ketones is 1. The molecule has 0 unspecified atom stereocenters. The topological polar surface area (TPSA) is 72.2 Å². The van der Waals surface area contributed by atoms with Crippen LogP contribution >= 0.6 is 0 Å². The maximum Gasteiger partial charge on any atom is 0.221 e. The lowest BCUT2D eigenvalue weighted by Crippen LogP contribution is -2.14. The van der Waals surface area contributed by atoms with E-state index in [4.69, 9.17) is 5.73 Å². The largest absolute Gasteiger partial charge is 0.397 e. The Morgan fingerprint density at radius 1 is 1.38 bits per heavy atom. The Bertz CT molecular complexity index is 466. The molecule has 0 atom stereocenters. The van der Waals surface area contributed by atoms with Crippen molar-refractivity contribution in [2.75, 3.05) is 11.1 Å². The number of benzene rings is 1. The Hall–Kier alpha value is -1.84. The van der Waals surface area contributed by atoms with Gasteiger partial charge in [-0.2, -0.15) is 0 Å². The number of hydrogen-bond acceptors (Lipinski definition) is 3. The Morgan fingerprint density at radius 3 is 2.81 bits per heavy atom.